The topological polar surface area (TPSA) is 84.2 Å². The first-order valence-corrected chi connectivity index (χ1v) is 12.4. The number of hydrogen-bond donors (Lipinski definition) is 2. The number of nitrogens with one attached hydrogen (secondary N) is 1. The molecule has 0 bridgehead atoms. The molecular weight excluding hydrogens is 501 g/mol. The van der Waals surface area contributed by atoms with Gasteiger partial charge in [-0.2, -0.15) is 18.3 Å². The molecule has 1 aliphatic heterocycles. The molecule has 0 saturated heterocycles. The number of carbonyl (C=O) groups excluding carboxylic acids is 1. The first kappa shape index (κ1) is 24.6. The molecule has 5 rings (SSSR count). The highest BCUT2D eigenvalue weighted by molar-refractivity contribution is 7.18. The standard InChI is InChI=1S/C27H23F3N4O2S/c1-16(20-7-2-3-8-21(20)27(28,29)30)36-23-13-24(37-25(23)26(31)35)34-11-5-4-6-18-12-17(9-10-22(18)34)19-14-32-33-15-19/h2-3,5,7-16H,4,6H2,1H3,(H2,31,35)(H,32,33)/t16-/m1/s1. The normalized spacial score (nSPS) is 14.2. The summed E-state index contributed by atoms with van der Waals surface area (Å²) >= 11 is 1.13. The molecule has 10 heteroatoms. The molecule has 0 saturated carbocycles. The van der Waals surface area contributed by atoms with Gasteiger partial charge >= 0.3 is 6.18 Å². The number of primary amides is 1. The molecule has 0 fully saturated rings. The molecule has 37 heavy (non-hydrogen) atoms. The summed E-state index contributed by atoms with van der Waals surface area (Å²) in [7, 11) is 0. The number of nitrogens with zero attached hydrogens (tertiary/aromatic N) is 2. The Morgan fingerprint density at radius 2 is 2.00 bits per heavy atom. The molecular formula is C27H23F3N4O2S. The molecule has 4 aromatic rings. The van der Waals surface area contributed by atoms with E-state index in [1.807, 2.05) is 35.5 Å². The zero-order valence-corrected chi connectivity index (χ0v) is 20.6. The highest BCUT2D eigenvalue weighted by atomic mass is 32.1. The minimum absolute atomic E-state index is 0.0232. The van der Waals surface area contributed by atoms with Crippen LogP contribution in [0.4, 0.5) is 23.9 Å². The molecule has 0 unspecified atom stereocenters. The lowest BCUT2D eigenvalue weighted by Gasteiger charge is -2.21. The lowest BCUT2D eigenvalue weighted by molar-refractivity contribution is -0.138. The number of halogens is 3. The quantitative estimate of drug-likeness (QED) is 0.285. The maximum absolute atomic E-state index is 13.6. The van der Waals surface area contributed by atoms with E-state index in [0.29, 0.717) is 5.00 Å². The van der Waals surface area contributed by atoms with Gasteiger partial charge in [-0.25, -0.2) is 0 Å². The Balaban J connectivity index is 1.50. The van der Waals surface area contributed by atoms with Gasteiger partial charge in [0.25, 0.3) is 5.91 Å². The predicted octanol–water partition coefficient (Wildman–Crippen LogP) is 6.99. The Labute approximate surface area is 215 Å². The highest BCUT2D eigenvalue weighted by Gasteiger charge is 2.35. The first-order valence-electron chi connectivity index (χ1n) is 11.6. The molecule has 2 aromatic heterocycles. The van der Waals surface area contributed by atoms with Gasteiger partial charge in [-0.3, -0.25) is 9.89 Å². The van der Waals surface area contributed by atoms with E-state index in [2.05, 4.69) is 16.3 Å². The second-order valence-corrected chi connectivity index (χ2v) is 9.64. The summed E-state index contributed by atoms with van der Waals surface area (Å²) in [6.07, 6.45) is 3.68. The Kier molecular flexibility index (Phi) is 6.51. The Hall–Kier alpha value is -4.05. The second-order valence-electron chi connectivity index (χ2n) is 8.61. The van der Waals surface area contributed by atoms with Crippen LogP contribution in [0.5, 0.6) is 5.75 Å². The van der Waals surface area contributed by atoms with Crippen LogP contribution in [0.15, 0.2) is 73.2 Å². The van der Waals surface area contributed by atoms with E-state index in [1.54, 1.807) is 12.3 Å². The number of rotatable bonds is 6. The average Bonchev–Trinajstić information content (AvgIpc) is 3.50. The van der Waals surface area contributed by atoms with Gasteiger partial charge in [-0.1, -0.05) is 30.3 Å². The second kappa shape index (κ2) is 9.78. The van der Waals surface area contributed by atoms with Gasteiger partial charge in [0.15, 0.2) is 0 Å². The molecule has 1 atom stereocenters. The average molecular weight is 525 g/mol. The van der Waals surface area contributed by atoms with Crippen molar-refractivity contribution in [2.75, 3.05) is 4.90 Å². The zero-order chi connectivity index (χ0) is 26.2. The largest absolute Gasteiger partial charge is 0.484 e. The molecule has 3 N–H and O–H groups in total. The number of aryl methyl sites for hydroxylation is 1. The number of nitrogens with two attached hydrogens (primary N) is 1. The highest BCUT2D eigenvalue weighted by Crippen LogP contribution is 2.44. The third-order valence-electron chi connectivity index (χ3n) is 6.16. The van der Waals surface area contributed by atoms with E-state index in [1.165, 1.54) is 25.1 Å². The molecule has 1 aliphatic rings. The van der Waals surface area contributed by atoms with E-state index < -0.39 is 23.8 Å². The van der Waals surface area contributed by atoms with Crippen LogP contribution in [-0.4, -0.2) is 16.1 Å². The van der Waals surface area contributed by atoms with E-state index >= 15 is 0 Å². The van der Waals surface area contributed by atoms with Crippen LogP contribution in [0.2, 0.25) is 0 Å². The summed E-state index contributed by atoms with van der Waals surface area (Å²) in [5.74, 6) is -0.567. The summed E-state index contributed by atoms with van der Waals surface area (Å²) in [5.41, 5.74) is 8.87. The molecule has 190 valence electrons. The summed E-state index contributed by atoms with van der Waals surface area (Å²) in [6, 6.07) is 13.0. The number of carbonyl (C=O) groups is 1. The molecule has 0 spiro atoms. The van der Waals surface area contributed by atoms with Crippen molar-refractivity contribution in [3.05, 3.63) is 94.8 Å². The lowest BCUT2D eigenvalue weighted by Crippen LogP contribution is -2.15. The fourth-order valence-electron chi connectivity index (χ4n) is 4.40. The third kappa shape index (κ3) is 4.97. The molecule has 6 nitrogen and oxygen atoms in total. The first-order chi connectivity index (χ1) is 17.7. The minimum atomic E-state index is -4.53. The van der Waals surface area contributed by atoms with Gasteiger partial charge < -0.3 is 15.4 Å². The van der Waals surface area contributed by atoms with Crippen molar-refractivity contribution in [1.82, 2.24) is 10.2 Å². The van der Waals surface area contributed by atoms with Crippen molar-refractivity contribution in [3.8, 4) is 16.9 Å². The summed E-state index contributed by atoms with van der Waals surface area (Å²) in [5, 5.41) is 7.50. The fraction of sp³-hybridized carbons (Fsp3) is 0.185. The zero-order valence-electron chi connectivity index (χ0n) is 19.8. The number of ether oxygens (including phenoxy) is 1. The number of H-pyrrole nitrogens is 1. The predicted molar refractivity (Wildman–Crippen MR) is 137 cm³/mol. The molecule has 2 aromatic carbocycles. The van der Waals surface area contributed by atoms with Gasteiger partial charge in [0, 0.05) is 35.3 Å². The van der Waals surface area contributed by atoms with Crippen LogP contribution < -0.4 is 15.4 Å². The van der Waals surface area contributed by atoms with E-state index in [9.17, 15) is 18.0 Å². The van der Waals surface area contributed by atoms with Crippen LogP contribution in [0.1, 0.15) is 45.8 Å². The third-order valence-corrected chi connectivity index (χ3v) is 7.29. The van der Waals surface area contributed by atoms with Crippen LogP contribution in [0.25, 0.3) is 11.1 Å². The van der Waals surface area contributed by atoms with Crippen LogP contribution in [0.3, 0.4) is 0 Å². The van der Waals surface area contributed by atoms with Crippen molar-refractivity contribution in [3.63, 3.8) is 0 Å². The number of thiophene rings is 1. The smallest absolute Gasteiger partial charge is 0.416 e. The number of hydrogen-bond acceptors (Lipinski definition) is 5. The van der Waals surface area contributed by atoms with E-state index in [0.717, 1.165) is 52.6 Å². The Morgan fingerprint density at radius 1 is 1.19 bits per heavy atom. The van der Waals surface area contributed by atoms with Crippen molar-refractivity contribution < 1.29 is 22.7 Å². The number of amides is 1. The van der Waals surface area contributed by atoms with Crippen molar-refractivity contribution in [2.45, 2.75) is 32.0 Å². The van der Waals surface area contributed by atoms with E-state index in [4.69, 9.17) is 10.5 Å². The number of anilines is 2. The molecule has 3 heterocycles. The SMILES string of the molecule is C[C@@H](Oc1cc(N2C=CCCc3cc(-c4cn[nH]c4)ccc32)sc1C(N)=O)c1ccccc1C(F)(F)F. The number of benzene rings is 2. The number of fused-ring (bicyclic) bond motifs is 1. The number of alkyl halides is 3. The van der Waals surface area contributed by atoms with Crippen LogP contribution in [0, 0.1) is 0 Å². The van der Waals surface area contributed by atoms with Gasteiger partial charge in [-0.15, -0.1) is 11.3 Å². The maximum atomic E-state index is 13.6. The lowest BCUT2D eigenvalue weighted by atomic mass is 10.0. The van der Waals surface area contributed by atoms with Crippen molar-refractivity contribution in [2.24, 2.45) is 5.73 Å². The van der Waals surface area contributed by atoms with Gasteiger partial charge in [0.1, 0.15) is 21.7 Å². The Bertz CT molecular complexity index is 1460. The van der Waals surface area contributed by atoms with Gasteiger partial charge in [0.2, 0.25) is 0 Å². The minimum Gasteiger partial charge on any atom is -0.484 e. The number of aromatic nitrogens is 2. The van der Waals surface area contributed by atoms with Gasteiger partial charge in [0.05, 0.1) is 11.8 Å². The fourth-order valence-corrected chi connectivity index (χ4v) is 5.34. The van der Waals surface area contributed by atoms with Crippen molar-refractivity contribution in [1.29, 1.82) is 0 Å². The monoisotopic (exact) mass is 524 g/mol. The van der Waals surface area contributed by atoms with Gasteiger partial charge in [-0.05, 0) is 49.1 Å². The summed E-state index contributed by atoms with van der Waals surface area (Å²) in [6.45, 7) is 1.52. The van der Waals surface area contributed by atoms with Crippen molar-refractivity contribution >= 4 is 27.9 Å². The summed E-state index contributed by atoms with van der Waals surface area (Å²) in [4.78, 5) is 14.4. The van der Waals surface area contributed by atoms with E-state index in [-0.39, 0.29) is 16.2 Å². The van der Waals surface area contributed by atoms with Crippen LogP contribution in [-0.2, 0) is 12.6 Å². The Morgan fingerprint density at radius 3 is 2.73 bits per heavy atom. The number of allylic oxidation sites excluding steroid dienone is 1. The number of aromatic amines is 1. The summed E-state index contributed by atoms with van der Waals surface area (Å²) < 4.78 is 46.6. The molecule has 0 aliphatic carbocycles. The maximum Gasteiger partial charge on any atom is 0.416 e. The molecule has 1 amide bonds. The molecule has 0 radical (unpaired) electrons. The van der Waals surface area contributed by atoms with Crippen LogP contribution >= 0.6 is 11.3 Å².